The van der Waals surface area contributed by atoms with Crippen LogP contribution in [0.25, 0.3) is 10.6 Å². The summed E-state index contributed by atoms with van der Waals surface area (Å²) in [4.78, 5) is 0. The predicted molar refractivity (Wildman–Crippen MR) is 54.7 cm³/mol. The molecule has 3 nitrogen and oxygen atoms in total. The quantitative estimate of drug-likeness (QED) is 0.789. The molecule has 2 aromatic rings. The molecule has 78 valence electrons. The Hall–Kier alpha value is -1.27. The summed E-state index contributed by atoms with van der Waals surface area (Å²) in [5.41, 5.74) is 5.65. The molecule has 0 bridgehead atoms. The first kappa shape index (κ1) is 10.3. The molecular formula is C8H4ClF2N3S. The number of anilines is 1. The predicted octanol–water partition coefficient (Wildman–Crippen LogP) is 2.72. The van der Waals surface area contributed by atoms with Gasteiger partial charge in [-0.1, -0.05) is 22.9 Å². The maximum Gasteiger partial charge on any atom is 0.203 e. The first-order chi connectivity index (χ1) is 7.08. The fourth-order valence-electron chi connectivity index (χ4n) is 1.03. The van der Waals surface area contributed by atoms with Gasteiger partial charge >= 0.3 is 0 Å². The number of hydrogen-bond donors (Lipinski definition) is 1. The van der Waals surface area contributed by atoms with Crippen molar-refractivity contribution in [2.45, 2.75) is 0 Å². The van der Waals surface area contributed by atoms with Gasteiger partial charge in [0, 0.05) is 5.56 Å². The van der Waals surface area contributed by atoms with Gasteiger partial charge in [-0.25, -0.2) is 8.78 Å². The Morgan fingerprint density at radius 3 is 2.47 bits per heavy atom. The van der Waals surface area contributed by atoms with Crippen molar-refractivity contribution in [3.63, 3.8) is 0 Å². The number of rotatable bonds is 1. The van der Waals surface area contributed by atoms with Crippen molar-refractivity contribution in [2.75, 3.05) is 5.73 Å². The molecule has 0 saturated heterocycles. The van der Waals surface area contributed by atoms with Gasteiger partial charge in [-0.15, -0.1) is 10.2 Å². The molecule has 1 heterocycles. The zero-order valence-corrected chi connectivity index (χ0v) is 8.74. The van der Waals surface area contributed by atoms with Gasteiger partial charge < -0.3 is 5.73 Å². The maximum atomic E-state index is 12.9. The number of nitrogens with two attached hydrogens (primary N) is 1. The van der Waals surface area contributed by atoms with Gasteiger partial charge in [-0.3, -0.25) is 0 Å². The highest BCUT2D eigenvalue weighted by atomic mass is 35.5. The van der Waals surface area contributed by atoms with E-state index in [1.807, 2.05) is 0 Å². The second kappa shape index (κ2) is 3.71. The number of nitrogens with zero attached hydrogens (tertiary/aromatic N) is 2. The smallest absolute Gasteiger partial charge is 0.203 e. The molecule has 0 fully saturated rings. The number of halogens is 3. The molecule has 1 aromatic heterocycles. The molecule has 2 N–H and O–H groups in total. The Morgan fingerprint density at radius 1 is 1.20 bits per heavy atom. The number of aromatic nitrogens is 2. The third kappa shape index (κ3) is 1.91. The van der Waals surface area contributed by atoms with Crippen LogP contribution in [0.4, 0.5) is 13.9 Å². The van der Waals surface area contributed by atoms with Crippen LogP contribution in [0.5, 0.6) is 0 Å². The summed E-state index contributed by atoms with van der Waals surface area (Å²) in [5, 5.41) is 7.92. The van der Waals surface area contributed by atoms with Crippen molar-refractivity contribution in [3.05, 3.63) is 28.8 Å². The van der Waals surface area contributed by atoms with Crippen molar-refractivity contribution in [2.24, 2.45) is 0 Å². The van der Waals surface area contributed by atoms with E-state index in [1.54, 1.807) is 0 Å². The summed E-state index contributed by atoms with van der Waals surface area (Å²) >= 11 is 6.79. The van der Waals surface area contributed by atoms with E-state index in [9.17, 15) is 8.78 Å². The monoisotopic (exact) mass is 247 g/mol. The zero-order valence-electron chi connectivity index (χ0n) is 7.17. The third-order valence-electron chi connectivity index (χ3n) is 1.68. The van der Waals surface area contributed by atoms with Gasteiger partial charge in [0.2, 0.25) is 5.13 Å². The number of hydrogen-bond acceptors (Lipinski definition) is 4. The van der Waals surface area contributed by atoms with Crippen LogP contribution in [0.3, 0.4) is 0 Å². The van der Waals surface area contributed by atoms with Gasteiger partial charge in [0.15, 0.2) is 16.6 Å². The van der Waals surface area contributed by atoms with Gasteiger partial charge in [0.25, 0.3) is 0 Å². The van der Waals surface area contributed by atoms with Gasteiger partial charge in [0.05, 0.1) is 5.02 Å². The molecule has 0 aliphatic heterocycles. The summed E-state index contributed by atoms with van der Waals surface area (Å²) in [6, 6.07) is 1.86. The fraction of sp³-hybridized carbons (Fsp3) is 0. The third-order valence-corrected chi connectivity index (χ3v) is 2.78. The topological polar surface area (TPSA) is 51.8 Å². The van der Waals surface area contributed by atoms with Crippen LogP contribution in [0.1, 0.15) is 0 Å². The molecule has 0 saturated carbocycles. The molecule has 0 radical (unpaired) electrons. The summed E-state index contributed by atoms with van der Waals surface area (Å²) in [7, 11) is 0. The molecule has 0 amide bonds. The van der Waals surface area contributed by atoms with E-state index in [0.717, 1.165) is 23.5 Å². The van der Waals surface area contributed by atoms with Crippen LogP contribution in [-0.4, -0.2) is 10.2 Å². The zero-order chi connectivity index (χ0) is 11.0. The van der Waals surface area contributed by atoms with Crippen LogP contribution in [0.15, 0.2) is 12.1 Å². The maximum absolute atomic E-state index is 12.9. The molecule has 15 heavy (non-hydrogen) atoms. The van der Waals surface area contributed by atoms with Crippen LogP contribution in [0.2, 0.25) is 5.02 Å². The van der Waals surface area contributed by atoms with Crippen LogP contribution >= 0.6 is 22.9 Å². The minimum atomic E-state index is -0.999. The van der Waals surface area contributed by atoms with E-state index < -0.39 is 11.6 Å². The lowest BCUT2D eigenvalue weighted by molar-refractivity contribution is 0.509. The highest BCUT2D eigenvalue weighted by molar-refractivity contribution is 7.18. The summed E-state index contributed by atoms with van der Waals surface area (Å²) in [6.45, 7) is 0. The number of nitrogen functional groups attached to an aromatic ring is 1. The van der Waals surface area contributed by atoms with Crippen LogP contribution in [-0.2, 0) is 0 Å². The van der Waals surface area contributed by atoms with Crippen molar-refractivity contribution in [1.29, 1.82) is 0 Å². The Kier molecular flexibility index (Phi) is 2.54. The SMILES string of the molecule is Nc1nnc(-c2cc(F)c(F)cc2Cl)s1. The van der Waals surface area contributed by atoms with Gasteiger partial charge in [-0.05, 0) is 12.1 Å². The average molecular weight is 248 g/mol. The summed E-state index contributed by atoms with van der Waals surface area (Å²) in [5.74, 6) is -1.98. The Labute approximate surface area is 92.5 Å². The fourth-order valence-corrected chi connectivity index (χ4v) is 1.97. The molecule has 1 aromatic carbocycles. The van der Waals surface area contributed by atoms with E-state index in [-0.39, 0.29) is 15.7 Å². The summed E-state index contributed by atoms with van der Waals surface area (Å²) in [6.07, 6.45) is 0. The van der Waals surface area contributed by atoms with Crippen molar-refractivity contribution in [3.8, 4) is 10.6 Å². The second-order valence-corrected chi connectivity index (χ2v) is 4.11. The molecule has 0 aliphatic carbocycles. The lowest BCUT2D eigenvalue weighted by Crippen LogP contribution is -1.87. The minimum Gasteiger partial charge on any atom is -0.374 e. The van der Waals surface area contributed by atoms with E-state index in [4.69, 9.17) is 17.3 Å². The lowest BCUT2D eigenvalue weighted by Gasteiger charge is -2.00. The van der Waals surface area contributed by atoms with E-state index >= 15 is 0 Å². The average Bonchev–Trinajstić information content (AvgIpc) is 2.58. The molecular weight excluding hydrogens is 244 g/mol. The van der Waals surface area contributed by atoms with E-state index in [1.165, 1.54) is 0 Å². The highest BCUT2D eigenvalue weighted by Gasteiger charge is 2.13. The summed E-state index contributed by atoms with van der Waals surface area (Å²) < 4.78 is 25.7. The Bertz CT molecular complexity index is 515. The van der Waals surface area contributed by atoms with Gasteiger partial charge in [-0.2, -0.15) is 0 Å². The Balaban J connectivity index is 2.58. The largest absolute Gasteiger partial charge is 0.374 e. The minimum absolute atomic E-state index is 0.0741. The molecule has 0 atom stereocenters. The van der Waals surface area contributed by atoms with Gasteiger partial charge in [0.1, 0.15) is 0 Å². The molecule has 0 aliphatic rings. The lowest BCUT2D eigenvalue weighted by atomic mass is 10.2. The molecule has 0 unspecified atom stereocenters. The van der Waals surface area contributed by atoms with Crippen molar-refractivity contribution in [1.82, 2.24) is 10.2 Å². The normalized spacial score (nSPS) is 10.6. The standard InChI is InChI=1S/C8H4ClF2N3S/c9-4-2-6(11)5(10)1-3(4)7-13-14-8(12)15-7/h1-2H,(H2,12,14). The second-order valence-electron chi connectivity index (χ2n) is 2.69. The van der Waals surface area contributed by atoms with E-state index in [2.05, 4.69) is 10.2 Å². The van der Waals surface area contributed by atoms with Crippen molar-refractivity contribution < 1.29 is 8.78 Å². The van der Waals surface area contributed by atoms with Crippen LogP contribution < -0.4 is 5.73 Å². The first-order valence-corrected chi connectivity index (χ1v) is 5.01. The number of benzene rings is 1. The molecule has 0 spiro atoms. The van der Waals surface area contributed by atoms with E-state index in [0.29, 0.717) is 5.01 Å². The van der Waals surface area contributed by atoms with Crippen molar-refractivity contribution >= 4 is 28.1 Å². The van der Waals surface area contributed by atoms with Crippen LogP contribution in [0, 0.1) is 11.6 Å². The highest BCUT2D eigenvalue weighted by Crippen LogP contribution is 2.32. The Morgan fingerprint density at radius 2 is 1.87 bits per heavy atom. The molecule has 7 heteroatoms. The molecule has 2 rings (SSSR count). The first-order valence-electron chi connectivity index (χ1n) is 3.82.